The molecule has 13 heteroatoms. The van der Waals surface area contributed by atoms with Crippen LogP contribution in [0.15, 0.2) is 41.3 Å². The largest absolute Gasteiger partial charge is 0.492 e. The number of methoxy groups -OCH3 is 1. The number of hydrogen-bond donors (Lipinski definition) is 2. The number of fused-ring (bicyclic) bond motifs is 1. The Labute approximate surface area is 251 Å². The van der Waals surface area contributed by atoms with Gasteiger partial charge in [0.2, 0.25) is 11.3 Å². The van der Waals surface area contributed by atoms with E-state index in [1.54, 1.807) is 25.3 Å². The average molecular weight is 609 g/mol. The lowest BCUT2D eigenvalue weighted by atomic mass is 10.1. The summed E-state index contributed by atoms with van der Waals surface area (Å²) in [6, 6.07) is 7.88. The second-order valence-corrected chi connectivity index (χ2v) is 11.4. The minimum Gasteiger partial charge on any atom is -0.492 e. The number of carboxylic acids is 1. The molecule has 2 amide bonds. The summed E-state index contributed by atoms with van der Waals surface area (Å²) in [7, 11) is 1.54. The molecule has 1 saturated carbocycles. The number of aromatic nitrogens is 1. The highest BCUT2D eigenvalue weighted by molar-refractivity contribution is 5.97. The van der Waals surface area contributed by atoms with Gasteiger partial charge in [-0.25, -0.2) is 14.0 Å². The van der Waals surface area contributed by atoms with Gasteiger partial charge in [-0.2, -0.15) is 0 Å². The van der Waals surface area contributed by atoms with Gasteiger partial charge in [0.15, 0.2) is 17.3 Å². The van der Waals surface area contributed by atoms with Gasteiger partial charge >= 0.3 is 12.1 Å². The first-order valence-corrected chi connectivity index (χ1v) is 14.5. The molecule has 2 aromatic carbocycles. The fourth-order valence-corrected chi connectivity index (χ4v) is 5.92. The summed E-state index contributed by atoms with van der Waals surface area (Å²) in [5.41, 5.74) is 0.920. The number of halogens is 1. The van der Waals surface area contributed by atoms with Crippen molar-refractivity contribution < 1.29 is 38.1 Å². The number of nitrogens with one attached hydrogen (secondary N) is 1. The second kappa shape index (κ2) is 11.7. The topological polar surface area (TPSA) is 140 Å². The van der Waals surface area contributed by atoms with Crippen molar-refractivity contribution in [1.82, 2.24) is 9.88 Å². The van der Waals surface area contributed by atoms with E-state index >= 15 is 4.39 Å². The molecule has 6 rings (SSSR count). The summed E-state index contributed by atoms with van der Waals surface area (Å²) in [6.07, 6.45) is 2.86. The molecule has 3 heterocycles. The zero-order chi connectivity index (χ0) is 31.1. The molecule has 232 valence electrons. The Balaban J connectivity index is 1.14. The van der Waals surface area contributed by atoms with Crippen LogP contribution in [0.25, 0.3) is 10.9 Å². The smallest absolute Gasteiger partial charge is 0.414 e. The van der Waals surface area contributed by atoms with Crippen molar-refractivity contribution in [2.75, 3.05) is 49.7 Å². The maximum atomic E-state index is 15.0. The highest BCUT2D eigenvalue weighted by atomic mass is 19.1. The van der Waals surface area contributed by atoms with Crippen molar-refractivity contribution >= 4 is 40.2 Å². The lowest BCUT2D eigenvalue weighted by Crippen LogP contribution is -2.33. The van der Waals surface area contributed by atoms with E-state index in [1.165, 1.54) is 30.2 Å². The number of anilines is 2. The Morgan fingerprint density at radius 2 is 1.93 bits per heavy atom. The van der Waals surface area contributed by atoms with Crippen LogP contribution in [0.3, 0.4) is 0 Å². The van der Waals surface area contributed by atoms with E-state index in [4.69, 9.17) is 14.2 Å². The highest BCUT2D eigenvalue weighted by Crippen LogP contribution is 2.43. The average Bonchev–Trinajstić information content (AvgIpc) is 3.61. The number of carbonyl (C=O) groups is 3. The summed E-state index contributed by atoms with van der Waals surface area (Å²) >= 11 is 0. The van der Waals surface area contributed by atoms with Crippen LogP contribution in [0.2, 0.25) is 0 Å². The minimum absolute atomic E-state index is 0.0699. The van der Waals surface area contributed by atoms with Crippen molar-refractivity contribution in [3.63, 3.8) is 0 Å². The van der Waals surface area contributed by atoms with E-state index in [-0.39, 0.29) is 48.9 Å². The van der Waals surface area contributed by atoms with E-state index in [0.717, 1.165) is 24.9 Å². The maximum absolute atomic E-state index is 15.0. The first-order valence-electron chi connectivity index (χ1n) is 14.5. The number of hydrogen-bond acceptors (Lipinski definition) is 8. The van der Waals surface area contributed by atoms with Crippen molar-refractivity contribution in [1.29, 1.82) is 0 Å². The van der Waals surface area contributed by atoms with Gasteiger partial charge < -0.3 is 34.1 Å². The number of amides is 2. The van der Waals surface area contributed by atoms with Crippen LogP contribution >= 0.6 is 0 Å². The Kier molecular flexibility index (Phi) is 7.78. The van der Waals surface area contributed by atoms with Crippen LogP contribution in [0.5, 0.6) is 11.5 Å². The Bertz CT molecular complexity index is 1700. The fourth-order valence-electron chi connectivity index (χ4n) is 5.92. The minimum atomic E-state index is -1.26. The molecule has 1 aromatic heterocycles. The number of pyridine rings is 1. The molecule has 2 aliphatic heterocycles. The molecule has 3 fully saturated rings. The summed E-state index contributed by atoms with van der Waals surface area (Å²) in [5, 5.41) is 12.5. The van der Waals surface area contributed by atoms with Gasteiger partial charge in [-0.3, -0.25) is 14.5 Å². The van der Waals surface area contributed by atoms with Crippen LogP contribution in [0, 0.1) is 11.7 Å². The quantitative estimate of drug-likeness (QED) is 0.354. The number of carboxylic acid groups (broad SMARTS) is 1. The summed E-state index contributed by atoms with van der Waals surface area (Å²) < 4.78 is 33.8. The van der Waals surface area contributed by atoms with Gasteiger partial charge in [-0.05, 0) is 43.5 Å². The molecular formula is C31H33FN4O8. The molecule has 2 saturated heterocycles. The standard InChI is InChI=1S/C31H33FN4O8/c1-17(37)33-12-21-14-36(31(41)44-21)20-5-8-26(24(32)11-20)43-16-18-9-10-34(13-18)25-7-6-22-27(29(25)42-2)35(19-3-4-19)15-23(28(22)38)30(39)40/h5-8,11,15,18-19,21H,3-4,9-10,12-14,16H2,1-2H3,(H,33,37)(H,39,40)/t18-,21-/m0/s1. The van der Waals surface area contributed by atoms with Crippen molar-refractivity contribution in [2.45, 2.75) is 38.3 Å². The molecule has 2 N–H and O–H groups in total. The molecule has 0 bridgehead atoms. The van der Waals surface area contributed by atoms with E-state index in [9.17, 15) is 24.3 Å². The van der Waals surface area contributed by atoms with Crippen LogP contribution in [-0.4, -0.2) is 73.6 Å². The number of rotatable bonds is 10. The maximum Gasteiger partial charge on any atom is 0.414 e. The zero-order valence-electron chi connectivity index (χ0n) is 24.4. The Hall–Kier alpha value is -4.81. The SMILES string of the molecule is COc1c(N2CC[C@H](COc3ccc(N4C[C@H](CNC(C)=O)OC4=O)cc3F)C2)ccc2c(=O)c(C(=O)O)cn(C3CC3)c12. The third-order valence-electron chi connectivity index (χ3n) is 8.28. The number of aromatic carboxylic acids is 1. The number of benzene rings is 2. The molecule has 0 spiro atoms. The molecule has 44 heavy (non-hydrogen) atoms. The number of ether oxygens (including phenoxy) is 3. The van der Waals surface area contributed by atoms with Crippen LogP contribution in [0.4, 0.5) is 20.6 Å². The number of cyclic esters (lactones) is 1. The molecule has 1 aliphatic carbocycles. The number of nitrogens with zero attached hydrogens (tertiary/aromatic N) is 3. The summed E-state index contributed by atoms with van der Waals surface area (Å²) in [6.45, 7) is 3.30. The third kappa shape index (κ3) is 5.61. The van der Waals surface area contributed by atoms with Gasteiger partial charge in [-0.1, -0.05) is 0 Å². The van der Waals surface area contributed by atoms with Crippen LogP contribution in [0.1, 0.15) is 42.6 Å². The molecule has 0 unspecified atom stereocenters. The van der Waals surface area contributed by atoms with Crippen molar-refractivity contribution in [3.8, 4) is 11.5 Å². The monoisotopic (exact) mass is 608 g/mol. The first kappa shape index (κ1) is 29.3. The molecule has 2 atom stereocenters. The summed E-state index contributed by atoms with van der Waals surface area (Å²) in [4.78, 5) is 51.6. The predicted molar refractivity (Wildman–Crippen MR) is 159 cm³/mol. The van der Waals surface area contributed by atoms with Gasteiger partial charge in [0.05, 0.1) is 49.1 Å². The molecule has 12 nitrogen and oxygen atoms in total. The normalized spacial score (nSPS) is 19.8. The highest BCUT2D eigenvalue weighted by Gasteiger charge is 2.34. The lowest BCUT2D eigenvalue weighted by Gasteiger charge is -2.24. The number of carbonyl (C=O) groups excluding carboxylic acids is 2. The predicted octanol–water partition coefficient (Wildman–Crippen LogP) is 3.55. The van der Waals surface area contributed by atoms with Gasteiger partial charge in [0, 0.05) is 44.2 Å². The van der Waals surface area contributed by atoms with Gasteiger partial charge in [-0.15, -0.1) is 0 Å². The lowest BCUT2D eigenvalue weighted by molar-refractivity contribution is -0.119. The van der Waals surface area contributed by atoms with Crippen LogP contribution < -0.4 is 30.0 Å². The molecule has 3 aromatic rings. The molecule has 3 aliphatic rings. The molecule has 0 radical (unpaired) electrons. The zero-order valence-corrected chi connectivity index (χ0v) is 24.4. The fraction of sp³-hybridized carbons (Fsp3) is 0.419. The van der Waals surface area contributed by atoms with Crippen LogP contribution in [-0.2, 0) is 9.53 Å². The van der Waals surface area contributed by atoms with E-state index in [2.05, 4.69) is 10.2 Å². The van der Waals surface area contributed by atoms with Gasteiger partial charge in [0.25, 0.3) is 0 Å². The van der Waals surface area contributed by atoms with Crippen molar-refractivity contribution in [2.24, 2.45) is 5.92 Å². The van der Waals surface area contributed by atoms with E-state index < -0.39 is 29.4 Å². The Morgan fingerprint density at radius 3 is 2.61 bits per heavy atom. The molecular weight excluding hydrogens is 575 g/mol. The van der Waals surface area contributed by atoms with E-state index in [1.807, 2.05) is 4.57 Å². The second-order valence-electron chi connectivity index (χ2n) is 11.4. The van der Waals surface area contributed by atoms with E-state index in [0.29, 0.717) is 35.4 Å². The third-order valence-corrected chi connectivity index (χ3v) is 8.28. The first-order chi connectivity index (χ1) is 21.1. The van der Waals surface area contributed by atoms with Crippen molar-refractivity contribution in [3.05, 3.63) is 58.1 Å². The Morgan fingerprint density at radius 1 is 1.14 bits per heavy atom. The van der Waals surface area contributed by atoms with Gasteiger partial charge in [0.1, 0.15) is 11.7 Å². The summed E-state index contributed by atoms with van der Waals surface area (Å²) in [5.74, 6) is -1.42.